The van der Waals surface area contributed by atoms with Gasteiger partial charge in [0.1, 0.15) is 0 Å². The molecule has 2 aromatic carbocycles. The summed E-state index contributed by atoms with van der Waals surface area (Å²) in [5.41, 5.74) is 0.622. The van der Waals surface area contributed by atoms with E-state index in [2.05, 4.69) is 10.0 Å². The Bertz CT molecular complexity index is 670. The van der Waals surface area contributed by atoms with Crippen LogP contribution in [-0.2, 0) is 14.8 Å². The predicted octanol–water partition coefficient (Wildman–Crippen LogP) is 1.60. The Balaban J connectivity index is 1.94. The second kappa shape index (κ2) is 6.31. The van der Waals surface area contributed by atoms with Crippen molar-refractivity contribution >= 4 is 21.6 Å². The second-order valence-electron chi connectivity index (χ2n) is 4.05. The van der Waals surface area contributed by atoms with Crippen molar-refractivity contribution in [1.29, 1.82) is 0 Å². The van der Waals surface area contributed by atoms with Crippen LogP contribution in [0.15, 0.2) is 65.6 Å². The molecule has 104 valence electrons. The van der Waals surface area contributed by atoms with Gasteiger partial charge in [-0.25, -0.2) is 13.1 Å². The third-order valence-corrected chi connectivity index (χ3v) is 3.95. The molecule has 0 saturated carbocycles. The molecule has 0 unspecified atom stereocenters. The summed E-state index contributed by atoms with van der Waals surface area (Å²) in [6, 6.07) is 16.8. The first-order chi connectivity index (χ1) is 9.58. The predicted molar refractivity (Wildman–Crippen MR) is 76.7 cm³/mol. The fourth-order valence-corrected chi connectivity index (χ4v) is 2.57. The fraction of sp³-hybridized carbons (Fsp3) is 0.0714. The molecule has 0 saturated heterocycles. The summed E-state index contributed by atoms with van der Waals surface area (Å²) >= 11 is 0. The van der Waals surface area contributed by atoms with Crippen molar-refractivity contribution in [3.05, 3.63) is 60.7 Å². The van der Waals surface area contributed by atoms with Gasteiger partial charge in [0, 0.05) is 5.69 Å². The van der Waals surface area contributed by atoms with Crippen molar-refractivity contribution in [1.82, 2.24) is 4.72 Å². The number of sulfonamides is 1. The van der Waals surface area contributed by atoms with Gasteiger partial charge in [-0.3, -0.25) is 4.79 Å². The fourth-order valence-electron chi connectivity index (χ4n) is 1.57. The SMILES string of the molecule is O=C(CNS(=O)(=O)c1ccccc1)Nc1ccccc1. The van der Waals surface area contributed by atoms with Gasteiger partial charge in [0.25, 0.3) is 0 Å². The Morgan fingerprint density at radius 2 is 1.45 bits per heavy atom. The average Bonchev–Trinajstić information content (AvgIpc) is 2.47. The van der Waals surface area contributed by atoms with Crippen molar-refractivity contribution in [3.63, 3.8) is 0 Å². The van der Waals surface area contributed by atoms with Gasteiger partial charge in [-0.2, -0.15) is 0 Å². The van der Waals surface area contributed by atoms with Crippen molar-refractivity contribution < 1.29 is 13.2 Å². The Labute approximate surface area is 117 Å². The van der Waals surface area contributed by atoms with Crippen LogP contribution in [0.4, 0.5) is 5.69 Å². The van der Waals surface area contributed by atoms with Gasteiger partial charge in [0.2, 0.25) is 15.9 Å². The Morgan fingerprint density at radius 3 is 2.05 bits per heavy atom. The molecule has 0 aliphatic rings. The first-order valence-electron chi connectivity index (χ1n) is 5.97. The quantitative estimate of drug-likeness (QED) is 0.878. The van der Waals surface area contributed by atoms with Crippen molar-refractivity contribution in [2.45, 2.75) is 4.90 Å². The molecule has 2 aromatic rings. The Hall–Kier alpha value is -2.18. The lowest BCUT2D eigenvalue weighted by Crippen LogP contribution is -2.32. The second-order valence-corrected chi connectivity index (χ2v) is 5.82. The van der Waals surface area contributed by atoms with Crippen LogP contribution in [0, 0.1) is 0 Å². The number of hydrogen-bond acceptors (Lipinski definition) is 3. The minimum atomic E-state index is -3.66. The lowest BCUT2D eigenvalue weighted by molar-refractivity contribution is -0.115. The van der Waals surface area contributed by atoms with Gasteiger partial charge in [-0.05, 0) is 24.3 Å². The van der Waals surface area contributed by atoms with Gasteiger partial charge in [-0.1, -0.05) is 36.4 Å². The number of hydrogen-bond donors (Lipinski definition) is 2. The molecule has 0 aliphatic carbocycles. The van der Waals surface area contributed by atoms with Crippen LogP contribution in [0.5, 0.6) is 0 Å². The van der Waals surface area contributed by atoms with Crippen molar-refractivity contribution in [2.24, 2.45) is 0 Å². The molecule has 5 nitrogen and oxygen atoms in total. The number of carbonyl (C=O) groups excluding carboxylic acids is 1. The summed E-state index contributed by atoms with van der Waals surface area (Å²) in [6.45, 7) is -0.313. The summed E-state index contributed by atoms with van der Waals surface area (Å²) in [7, 11) is -3.66. The molecule has 0 heterocycles. The van der Waals surface area contributed by atoms with Gasteiger partial charge in [0.05, 0.1) is 11.4 Å². The van der Waals surface area contributed by atoms with Crippen molar-refractivity contribution in [3.8, 4) is 0 Å². The summed E-state index contributed by atoms with van der Waals surface area (Å²) in [5.74, 6) is -0.421. The number of anilines is 1. The van der Waals surface area contributed by atoms with Crippen LogP contribution in [0.3, 0.4) is 0 Å². The van der Waals surface area contributed by atoms with E-state index in [1.54, 1.807) is 42.5 Å². The van der Waals surface area contributed by atoms with E-state index in [1.165, 1.54) is 12.1 Å². The zero-order valence-electron chi connectivity index (χ0n) is 10.6. The van der Waals surface area contributed by atoms with E-state index in [4.69, 9.17) is 0 Å². The Kier molecular flexibility index (Phi) is 4.49. The molecule has 20 heavy (non-hydrogen) atoms. The minimum Gasteiger partial charge on any atom is -0.325 e. The Morgan fingerprint density at radius 1 is 0.900 bits per heavy atom. The van der Waals surface area contributed by atoms with Crippen LogP contribution < -0.4 is 10.0 Å². The zero-order chi connectivity index (χ0) is 14.4. The minimum absolute atomic E-state index is 0.132. The first-order valence-corrected chi connectivity index (χ1v) is 7.46. The molecule has 0 aliphatic heterocycles. The molecular formula is C14H14N2O3S. The molecule has 0 atom stereocenters. The maximum Gasteiger partial charge on any atom is 0.241 e. The van der Waals surface area contributed by atoms with E-state index in [0.717, 1.165) is 0 Å². The molecule has 0 bridgehead atoms. The summed E-state index contributed by atoms with van der Waals surface area (Å²) in [6.07, 6.45) is 0. The van der Waals surface area contributed by atoms with Gasteiger partial charge < -0.3 is 5.32 Å². The number of para-hydroxylation sites is 1. The number of carbonyl (C=O) groups is 1. The van der Waals surface area contributed by atoms with Crippen LogP contribution >= 0.6 is 0 Å². The van der Waals surface area contributed by atoms with Gasteiger partial charge in [-0.15, -0.1) is 0 Å². The van der Waals surface area contributed by atoms with E-state index in [0.29, 0.717) is 5.69 Å². The smallest absolute Gasteiger partial charge is 0.241 e. The molecule has 6 heteroatoms. The highest BCUT2D eigenvalue weighted by Crippen LogP contribution is 2.07. The first kappa shape index (κ1) is 14.2. The van der Waals surface area contributed by atoms with Crippen LogP contribution in [0.2, 0.25) is 0 Å². The highest BCUT2D eigenvalue weighted by atomic mass is 32.2. The number of benzene rings is 2. The molecule has 0 spiro atoms. The molecule has 0 radical (unpaired) electrons. The number of nitrogens with one attached hydrogen (secondary N) is 2. The monoisotopic (exact) mass is 290 g/mol. The van der Waals surface area contributed by atoms with Gasteiger partial charge in [0.15, 0.2) is 0 Å². The zero-order valence-corrected chi connectivity index (χ0v) is 11.4. The van der Waals surface area contributed by atoms with Gasteiger partial charge >= 0.3 is 0 Å². The van der Waals surface area contributed by atoms with Crippen LogP contribution in [0.1, 0.15) is 0 Å². The molecule has 0 fully saturated rings. The standard InChI is InChI=1S/C14H14N2O3S/c17-14(16-12-7-3-1-4-8-12)11-15-20(18,19)13-9-5-2-6-10-13/h1-10,15H,11H2,(H,16,17). The van der Waals surface area contributed by atoms with E-state index < -0.39 is 15.9 Å². The third kappa shape index (κ3) is 3.91. The highest BCUT2D eigenvalue weighted by Gasteiger charge is 2.14. The molecule has 2 rings (SSSR count). The normalized spacial score (nSPS) is 11.0. The number of amides is 1. The average molecular weight is 290 g/mol. The molecule has 2 N–H and O–H groups in total. The lowest BCUT2D eigenvalue weighted by Gasteiger charge is -2.07. The highest BCUT2D eigenvalue weighted by molar-refractivity contribution is 7.89. The summed E-state index contributed by atoms with van der Waals surface area (Å²) in [4.78, 5) is 11.8. The van der Waals surface area contributed by atoms with E-state index in [9.17, 15) is 13.2 Å². The van der Waals surface area contributed by atoms with E-state index >= 15 is 0 Å². The molecular weight excluding hydrogens is 276 g/mol. The van der Waals surface area contributed by atoms with Crippen molar-refractivity contribution in [2.75, 3.05) is 11.9 Å². The third-order valence-electron chi connectivity index (χ3n) is 2.53. The topological polar surface area (TPSA) is 75.3 Å². The molecule has 0 aromatic heterocycles. The van der Waals surface area contributed by atoms with Crippen LogP contribution in [0.25, 0.3) is 0 Å². The summed E-state index contributed by atoms with van der Waals surface area (Å²) in [5, 5.41) is 2.60. The van der Waals surface area contributed by atoms with Crippen LogP contribution in [-0.4, -0.2) is 20.9 Å². The maximum atomic E-state index is 11.9. The van der Waals surface area contributed by atoms with E-state index in [1.807, 2.05) is 6.07 Å². The lowest BCUT2D eigenvalue weighted by atomic mass is 10.3. The largest absolute Gasteiger partial charge is 0.325 e. The van der Waals surface area contributed by atoms with E-state index in [-0.39, 0.29) is 11.4 Å². The maximum absolute atomic E-state index is 11.9. The number of rotatable bonds is 5. The molecule has 1 amide bonds. The summed E-state index contributed by atoms with van der Waals surface area (Å²) < 4.78 is 26.1.